The van der Waals surface area contributed by atoms with Crippen LogP contribution in [-0.4, -0.2) is 9.97 Å². The normalized spacial score (nSPS) is 24.4. The Kier molecular flexibility index (Phi) is 2.98. The van der Waals surface area contributed by atoms with Gasteiger partial charge in [-0.05, 0) is 50.2 Å². The largest absolute Gasteiger partial charge is 0.457 e. The van der Waals surface area contributed by atoms with Gasteiger partial charge in [-0.2, -0.15) is 0 Å². The third-order valence-electron chi connectivity index (χ3n) is 4.79. The molecule has 2 aliphatic carbocycles. The minimum absolute atomic E-state index is 0.580. The van der Waals surface area contributed by atoms with Gasteiger partial charge >= 0.3 is 0 Å². The highest BCUT2D eigenvalue weighted by Crippen LogP contribution is 2.47. The standard InChI is InChI=1S/C17H21N3O/c1-10-9-12(10)14-7-8-15(21-14)17-19-13-6-4-2-3-5-11(13)16(18)20-17/h7-8,10,12H,2-6,9H2,1H3,(H2,18,19,20). The Labute approximate surface area is 124 Å². The van der Waals surface area contributed by atoms with E-state index in [0.717, 1.165) is 41.5 Å². The van der Waals surface area contributed by atoms with Gasteiger partial charge in [0.05, 0.1) is 0 Å². The molecule has 0 aliphatic heterocycles. The number of anilines is 1. The lowest BCUT2D eigenvalue weighted by Gasteiger charge is -2.09. The zero-order valence-electron chi connectivity index (χ0n) is 12.4. The Morgan fingerprint density at radius 1 is 1.14 bits per heavy atom. The Hall–Kier alpha value is -1.84. The smallest absolute Gasteiger partial charge is 0.197 e. The molecule has 1 fully saturated rings. The van der Waals surface area contributed by atoms with Crippen LogP contribution in [0.2, 0.25) is 0 Å². The van der Waals surface area contributed by atoms with Crippen molar-refractivity contribution in [1.29, 1.82) is 0 Å². The highest BCUT2D eigenvalue weighted by atomic mass is 16.3. The van der Waals surface area contributed by atoms with E-state index in [-0.39, 0.29) is 0 Å². The van der Waals surface area contributed by atoms with Crippen LogP contribution in [0.5, 0.6) is 0 Å². The van der Waals surface area contributed by atoms with Crippen LogP contribution in [-0.2, 0) is 12.8 Å². The van der Waals surface area contributed by atoms with Crippen molar-refractivity contribution in [2.75, 3.05) is 5.73 Å². The molecular weight excluding hydrogens is 262 g/mol. The van der Waals surface area contributed by atoms with E-state index in [0.29, 0.717) is 17.6 Å². The van der Waals surface area contributed by atoms with Gasteiger partial charge in [0, 0.05) is 17.2 Å². The van der Waals surface area contributed by atoms with Gasteiger partial charge in [-0.3, -0.25) is 0 Å². The molecule has 1 saturated carbocycles. The number of aryl methyl sites for hydroxylation is 1. The summed E-state index contributed by atoms with van der Waals surface area (Å²) in [5, 5.41) is 0. The lowest BCUT2D eigenvalue weighted by molar-refractivity contribution is 0.514. The van der Waals surface area contributed by atoms with Crippen LogP contribution in [0, 0.1) is 5.92 Å². The van der Waals surface area contributed by atoms with Crippen LogP contribution >= 0.6 is 0 Å². The molecule has 2 aliphatic rings. The maximum atomic E-state index is 6.16. The first-order valence-electron chi connectivity index (χ1n) is 7.97. The fourth-order valence-electron chi connectivity index (χ4n) is 3.30. The van der Waals surface area contributed by atoms with E-state index in [1.807, 2.05) is 6.07 Å². The summed E-state index contributed by atoms with van der Waals surface area (Å²) in [6.45, 7) is 2.25. The van der Waals surface area contributed by atoms with Gasteiger partial charge < -0.3 is 10.2 Å². The Morgan fingerprint density at radius 2 is 1.95 bits per heavy atom. The molecule has 0 spiro atoms. The van der Waals surface area contributed by atoms with Gasteiger partial charge in [0.25, 0.3) is 0 Å². The van der Waals surface area contributed by atoms with Crippen molar-refractivity contribution in [3.63, 3.8) is 0 Å². The molecule has 4 rings (SSSR count). The second kappa shape index (κ2) is 4.86. The maximum absolute atomic E-state index is 6.16. The number of hydrogen-bond acceptors (Lipinski definition) is 4. The molecule has 2 atom stereocenters. The molecular formula is C17H21N3O. The summed E-state index contributed by atoms with van der Waals surface area (Å²) in [7, 11) is 0. The first-order chi connectivity index (χ1) is 10.2. The number of fused-ring (bicyclic) bond motifs is 1. The molecule has 0 aromatic carbocycles. The molecule has 2 aromatic rings. The molecule has 4 nitrogen and oxygen atoms in total. The van der Waals surface area contributed by atoms with Gasteiger partial charge in [0.1, 0.15) is 11.6 Å². The zero-order valence-corrected chi connectivity index (χ0v) is 12.4. The maximum Gasteiger partial charge on any atom is 0.197 e. The lowest BCUT2D eigenvalue weighted by Crippen LogP contribution is -2.06. The molecule has 21 heavy (non-hydrogen) atoms. The SMILES string of the molecule is CC1CC1c1ccc(-c2nc(N)c3c(n2)CCCCC3)o1. The fraction of sp³-hybridized carbons (Fsp3) is 0.529. The number of aromatic nitrogens is 2. The van der Waals surface area contributed by atoms with E-state index >= 15 is 0 Å². The third kappa shape index (κ3) is 2.33. The fourth-order valence-corrected chi connectivity index (χ4v) is 3.30. The summed E-state index contributed by atoms with van der Waals surface area (Å²) in [4.78, 5) is 9.21. The summed E-state index contributed by atoms with van der Waals surface area (Å²) in [6.07, 6.45) is 6.85. The van der Waals surface area contributed by atoms with E-state index in [4.69, 9.17) is 15.1 Å². The zero-order chi connectivity index (χ0) is 14.4. The molecule has 2 unspecified atom stereocenters. The quantitative estimate of drug-likeness (QED) is 0.853. The minimum Gasteiger partial charge on any atom is -0.457 e. The number of hydrogen-bond donors (Lipinski definition) is 1. The second-order valence-electron chi connectivity index (χ2n) is 6.44. The van der Waals surface area contributed by atoms with Crippen molar-refractivity contribution in [1.82, 2.24) is 9.97 Å². The predicted molar refractivity (Wildman–Crippen MR) is 81.9 cm³/mol. The summed E-state index contributed by atoms with van der Waals surface area (Å²) in [5.74, 6) is 4.42. The van der Waals surface area contributed by atoms with Crippen molar-refractivity contribution in [2.24, 2.45) is 5.92 Å². The first-order valence-corrected chi connectivity index (χ1v) is 7.97. The first kappa shape index (κ1) is 12.9. The van der Waals surface area contributed by atoms with Crippen molar-refractivity contribution >= 4 is 5.82 Å². The van der Waals surface area contributed by atoms with Gasteiger partial charge in [0.15, 0.2) is 11.6 Å². The topological polar surface area (TPSA) is 64.9 Å². The molecule has 0 bridgehead atoms. The van der Waals surface area contributed by atoms with Crippen molar-refractivity contribution in [3.05, 3.63) is 29.2 Å². The monoisotopic (exact) mass is 283 g/mol. The van der Waals surface area contributed by atoms with Gasteiger partial charge in [-0.15, -0.1) is 0 Å². The molecule has 2 heterocycles. The van der Waals surface area contributed by atoms with E-state index in [1.165, 1.54) is 25.7 Å². The average Bonchev–Trinajstić information content (AvgIpc) is 3.08. The third-order valence-corrected chi connectivity index (χ3v) is 4.79. The van der Waals surface area contributed by atoms with Crippen LogP contribution in [0.4, 0.5) is 5.82 Å². The molecule has 4 heteroatoms. The Morgan fingerprint density at radius 3 is 2.76 bits per heavy atom. The highest BCUT2D eigenvalue weighted by molar-refractivity contribution is 5.54. The average molecular weight is 283 g/mol. The second-order valence-corrected chi connectivity index (χ2v) is 6.44. The van der Waals surface area contributed by atoms with Crippen LogP contribution in [0.1, 0.15) is 55.5 Å². The molecule has 0 saturated heterocycles. The number of nitrogens with two attached hydrogens (primary N) is 1. The van der Waals surface area contributed by atoms with Crippen LogP contribution in [0.25, 0.3) is 11.6 Å². The van der Waals surface area contributed by atoms with Gasteiger partial charge in [-0.1, -0.05) is 13.3 Å². The number of rotatable bonds is 2. The molecule has 0 radical (unpaired) electrons. The number of nitrogen functional groups attached to an aromatic ring is 1. The van der Waals surface area contributed by atoms with Gasteiger partial charge in [-0.25, -0.2) is 9.97 Å². The van der Waals surface area contributed by atoms with Crippen LogP contribution in [0.3, 0.4) is 0 Å². The van der Waals surface area contributed by atoms with E-state index < -0.39 is 0 Å². The van der Waals surface area contributed by atoms with Crippen LogP contribution < -0.4 is 5.73 Å². The van der Waals surface area contributed by atoms with Crippen molar-refractivity contribution in [2.45, 2.75) is 51.4 Å². The van der Waals surface area contributed by atoms with Crippen LogP contribution in [0.15, 0.2) is 16.5 Å². The molecule has 2 N–H and O–H groups in total. The summed E-state index contributed by atoms with van der Waals surface area (Å²) in [5.41, 5.74) is 8.43. The summed E-state index contributed by atoms with van der Waals surface area (Å²) >= 11 is 0. The highest BCUT2D eigenvalue weighted by Gasteiger charge is 2.36. The van der Waals surface area contributed by atoms with Crippen molar-refractivity contribution < 1.29 is 4.42 Å². The van der Waals surface area contributed by atoms with Gasteiger partial charge in [0.2, 0.25) is 0 Å². The van der Waals surface area contributed by atoms with E-state index in [1.54, 1.807) is 0 Å². The molecule has 0 amide bonds. The van der Waals surface area contributed by atoms with E-state index in [9.17, 15) is 0 Å². The molecule has 2 aromatic heterocycles. The summed E-state index contributed by atoms with van der Waals surface area (Å²) < 4.78 is 5.96. The number of nitrogens with zero attached hydrogens (tertiary/aromatic N) is 2. The molecule has 110 valence electrons. The minimum atomic E-state index is 0.580. The summed E-state index contributed by atoms with van der Waals surface area (Å²) in [6, 6.07) is 4.05. The predicted octanol–water partition coefficient (Wildman–Crippen LogP) is 3.71. The number of furan rings is 1. The Balaban J connectivity index is 1.70. The lowest BCUT2D eigenvalue weighted by atomic mass is 10.1. The van der Waals surface area contributed by atoms with E-state index in [2.05, 4.69) is 18.0 Å². The van der Waals surface area contributed by atoms with Crippen molar-refractivity contribution in [3.8, 4) is 11.6 Å². The Bertz CT molecular complexity index is 677.